The Balaban J connectivity index is 1.50. The van der Waals surface area contributed by atoms with Crippen molar-refractivity contribution in [2.45, 2.75) is 43.3 Å². The lowest BCUT2D eigenvalue weighted by Crippen LogP contribution is -2.51. The monoisotopic (exact) mass is 524 g/mol. The molecule has 10 heteroatoms. The first kappa shape index (κ1) is 24.6. The van der Waals surface area contributed by atoms with Crippen molar-refractivity contribution in [1.29, 1.82) is 0 Å². The lowest BCUT2D eigenvalue weighted by molar-refractivity contribution is -0.230. The average molecular weight is 524 g/mol. The fraction of sp³-hybridized carbons (Fsp3) is 0.321. The van der Waals surface area contributed by atoms with Gasteiger partial charge in [-0.3, -0.25) is 0 Å². The number of benzene rings is 3. The molecule has 3 aliphatic heterocycles. The van der Waals surface area contributed by atoms with Crippen LogP contribution in [0.3, 0.4) is 0 Å². The number of hydrogen-bond donors (Lipinski definition) is 3. The standard InChI is InChI=1S/C28H25FO9/c1-34-14-6-7-18-22(10-14)37-26-16(12-29)21(35-24-11-20(31)25(32)23(13-30)36-24)9-8-19(26)28(18)17-5-3-2-4-15(17)27(33)38-28/h2-10,20,23-25,30-32H,11-13H2,1H3/t20-,23-,24?,25-,28?/m1/s1. The fourth-order valence-electron chi connectivity index (χ4n) is 5.40. The average Bonchev–Trinajstić information content (AvgIpc) is 3.23. The summed E-state index contributed by atoms with van der Waals surface area (Å²) in [5, 5.41) is 29.7. The number of esters is 1. The maximum Gasteiger partial charge on any atom is 0.340 e. The highest BCUT2D eigenvalue weighted by Gasteiger charge is 2.54. The van der Waals surface area contributed by atoms with Crippen LogP contribution in [0.25, 0.3) is 0 Å². The Bertz CT molecular complexity index is 1410. The molecular formula is C28H25FO9. The molecule has 0 bridgehead atoms. The molecule has 6 rings (SSSR count). The van der Waals surface area contributed by atoms with Gasteiger partial charge in [0.05, 0.1) is 30.9 Å². The van der Waals surface area contributed by atoms with Crippen molar-refractivity contribution in [2.75, 3.05) is 13.7 Å². The third-order valence-electron chi connectivity index (χ3n) is 7.26. The zero-order valence-electron chi connectivity index (χ0n) is 20.3. The Hall–Kier alpha value is -3.70. The molecule has 2 unspecified atom stereocenters. The highest BCUT2D eigenvalue weighted by Crippen LogP contribution is 2.58. The predicted octanol–water partition coefficient (Wildman–Crippen LogP) is 2.94. The van der Waals surface area contributed by atoms with Crippen LogP contribution in [-0.2, 0) is 21.7 Å². The number of halogens is 1. The first-order valence-corrected chi connectivity index (χ1v) is 12.1. The SMILES string of the molecule is COc1ccc2c(c1)Oc1c(ccc(OC3C[C@@H](O)[C@@H](O)[C@@H](CO)O3)c1CF)C21OC(=O)c2ccccc21. The van der Waals surface area contributed by atoms with Gasteiger partial charge in [-0.05, 0) is 30.3 Å². The van der Waals surface area contributed by atoms with Gasteiger partial charge in [0.25, 0.3) is 0 Å². The van der Waals surface area contributed by atoms with Gasteiger partial charge in [0.15, 0.2) is 5.60 Å². The molecule has 3 aromatic carbocycles. The van der Waals surface area contributed by atoms with Gasteiger partial charge >= 0.3 is 5.97 Å². The number of alkyl halides is 1. The maximum absolute atomic E-state index is 14.7. The molecule has 198 valence electrons. The molecule has 0 saturated carbocycles. The summed E-state index contributed by atoms with van der Waals surface area (Å²) in [7, 11) is 1.51. The van der Waals surface area contributed by atoms with Crippen molar-refractivity contribution in [2.24, 2.45) is 0 Å². The van der Waals surface area contributed by atoms with E-state index >= 15 is 0 Å². The highest BCUT2D eigenvalue weighted by atomic mass is 19.1. The molecule has 1 saturated heterocycles. The van der Waals surface area contributed by atoms with Crippen LogP contribution in [0.1, 0.15) is 39.0 Å². The van der Waals surface area contributed by atoms with E-state index in [9.17, 15) is 24.5 Å². The molecule has 9 nitrogen and oxygen atoms in total. The summed E-state index contributed by atoms with van der Waals surface area (Å²) in [6, 6.07) is 15.3. The number of carbonyl (C=O) groups excluding carboxylic acids is 1. The molecule has 3 N–H and O–H groups in total. The molecule has 0 amide bonds. The zero-order valence-corrected chi connectivity index (χ0v) is 20.3. The highest BCUT2D eigenvalue weighted by molar-refractivity contribution is 5.97. The van der Waals surface area contributed by atoms with E-state index in [1.54, 1.807) is 48.5 Å². The van der Waals surface area contributed by atoms with Gasteiger partial charge in [0, 0.05) is 29.2 Å². The molecule has 0 aliphatic carbocycles. The quantitative estimate of drug-likeness (QED) is 0.432. The summed E-state index contributed by atoms with van der Waals surface area (Å²) in [6.07, 6.45) is -4.72. The number of ether oxygens (including phenoxy) is 5. The molecule has 3 aliphatic rings. The van der Waals surface area contributed by atoms with Crippen LogP contribution in [-0.4, -0.2) is 59.6 Å². The van der Waals surface area contributed by atoms with Gasteiger partial charge in [-0.2, -0.15) is 0 Å². The molecule has 0 radical (unpaired) electrons. The number of aliphatic hydroxyl groups is 3. The zero-order chi connectivity index (χ0) is 26.6. The molecule has 5 atom stereocenters. The van der Waals surface area contributed by atoms with Crippen molar-refractivity contribution >= 4 is 5.97 Å². The minimum atomic E-state index is -1.39. The van der Waals surface area contributed by atoms with Crippen molar-refractivity contribution in [1.82, 2.24) is 0 Å². The Morgan fingerprint density at radius 2 is 1.87 bits per heavy atom. The Morgan fingerprint density at radius 3 is 2.63 bits per heavy atom. The smallest absolute Gasteiger partial charge is 0.340 e. The lowest BCUT2D eigenvalue weighted by Gasteiger charge is -2.38. The fourth-order valence-corrected chi connectivity index (χ4v) is 5.40. The third kappa shape index (κ3) is 3.56. The summed E-state index contributed by atoms with van der Waals surface area (Å²) in [4.78, 5) is 13.0. The Morgan fingerprint density at radius 1 is 1.08 bits per heavy atom. The normalized spacial score (nSPS) is 27.1. The van der Waals surface area contributed by atoms with E-state index in [1.807, 2.05) is 0 Å². The van der Waals surface area contributed by atoms with Gasteiger partial charge in [0.1, 0.15) is 41.9 Å². The van der Waals surface area contributed by atoms with Crippen LogP contribution in [0.2, 0.25) is 0 Å². The van der Waals surface area contributed by atoms with Crippen LogP contribution in [0.5, 0.6) is 23.0 Å². The number of rotatable bonds is 5. The third-order valence-corrected chi connectivity index (χ3v) is 7.26. The number of carbonyl (C=O) groups is 1. The minimum Gasteiger partial charge on any atom is -0.497 e. The lowest BCUT2D eigenvalue weighted by atomic mass is 9.77. The topological polar surface area (TPSA) is 124 Å². The van der Waals surface area contributed by atoms with Gasteiger partial charge < -0.3 is 39.0 Å². The summed E-state index contributed by atoms with van der Waals surface area (Å²) < 4.78 is 43.9. The first-order valence-electron chi connectivity index (χ1n) is 12.1. The second-order valence-electron chi connectivity index (χ2n) is 9.33. The first-order chi connectivity index (χ1) is 18.4. The van der Waals surface area contributed by atoms with Gasteiger partial charge in [-0.15, -0.1) is 0 Å². The van der Waals surface area contributed by atoms with Crippen LogP contribution < -0.4 is 14.2 Å². The number of hydrogen-bond acceptors (Lipinski definition) is 9. The number of methoxy groups -OCH3 is 1. The van der Waals surface area contributed by atoms with Gasteiger partial charge in [0.2, 0.25) is 6.29 Å². The van der Waals surface area contributed by atoms with E-state index in [4.69, 9.17) is 23.7 Å². The molecule has 38 heavy (non-hydrogen) atoms. The van der Waals surface area contributed by atoms with Crippen molar-refractivity contribution < 1.29 is 48.2 Å². The van der Waals surface area contributed by atoms with Crippen LogP contribution in [0, 0.1) is 0 Å². The van der Waals surface area contributed by atoms with Crippen LogP contribution >= 0.6 is 0 Å². The van der Waals surface area contributed by atoms with E-state index in [0.29, 0.717) is 33.8 Å². The van der Waals surface area contributed by atoms with E-state index in [1.165, 1.54) is 13.2 Å². The Kier molecular flexibility index (Phi) is 5.99. The second-order valence-corrected chi connectivity index (χ2v) is 9.33. The van der Waals surface area contributed by atoms with Crippen molar-refractivity contribution in [3.8, 4) is 23.0 Å². The van der Waals surface area contributed by atoms with Gasteiger partial charge in [-0.25, -0.2) is 9.18 Å². The van der Waals surface area contributed by atoms with Crippen molar-refractivity contribution in [3.05, 3.63) is 82.4 Å². The largest absolute Gasteiger partial charge is 0.497 e. The van der Waals surface area contributed by atoms with E-state index in [0.717, 1.165) is 0 Å². The predicted molar refractivity (Wildman–Crippen MR) is 129 cm³/mol. The summed E-state index contributed by atoms with van der Waals surface area (Å²) in [5.74, 6) is 0.491. The number of aliphatic hydroxyl groups excluding tert-OH is 3. The minimum absolute atomic E-state index is 0.0422. The van der Waals surface area contributed by atoms with E-state index in [-0.39, 0.29) is 23.5 Å². The van der Waals surface area contributed by atoms with E-state index in [2.05, 4.69) is 0 Å². The molecular weight excluding hydrogens is 499 g/mol. The molecule has 0 aromatic heterocycles. The molecule has 1 spiro atoms. The van der Waals surface area contributed by atoms with Gasteiger partial charge in [-0.1, -0.05) is 18.2 Å². The molecule has 3 heterocycles. The maximum atomic E-state index is 14.7. The summed E-state index contributed by atoms with van der Waals surface area (Å²) >= 11 is 0. The van der Waals surface area contributed by atoms with Crippen LogP contribution in [0.15, 0.2) is 54.6 Å². The number of fused-ring (bicyclic) bond motifs is 6. The van der Waals surface area contributed by atoms with Crippen LogP contribution in [0.4, 0.5) is 4.39 Å². The second kappa shape index (κ2) is 9.25. The van der Waals surface area contributed by atoms with Crippen molar-refractivity contribution in [3.63, 3.8) is 0 Å². The summed E-state index contributed by atoms with van der Waals surface area (Å²) in [5.41, 5.74) is 0.610. The summed E-state index contributed by atoms with van der Waals surface area (Å²) in [6.45, 7) is -1.53. The molecule has 3 aromatic rings. The molecule has 1 fully saturated rings. The van der Waals surface area contributed by atoms with E-state index < -0.39 is 49.5 Å². The Labute approximate surface area is 216 Å².